The summed E-state index contributed by atoms with van der Waals surface area (Å²) < 4.78 is 13.1. The molecule has 0 unspecified atom stereocenters. The van der Waals surface area contributed by atoms with Crippen molar-refractivity contribution >= 4 is 23.2 Å². The van der Waals surface area contributed by atoms with Gasteiger partial charge in [-0.05, 0) is 55.3 Å². The number of hydrogen-bond acceptors (Lipinski definition) is 2. The van der Waals surface area contributed by atoms with E-state index in [1.807, 2.05) is 13.8 Å². The molecule has 0 bridgehead atoms. The summed E-state index contributed by atoms with van der Waals surface area (Å²) in [7, 11) is 0. The van der Waals surface area contributed by atoms with Crippen LogP contribution in [0, 0.1) is 11.7 Å². The number of amides is 2. The molecule has 4 nitrogen and oxygen atoms in total. The van der Waals surface area contributed by atoms with Gasteiger partial charge < -0.3 is 10.6 Å². The molecular weight excluding hydrogens is 307 g/mol. The van der Waals surface area contributed by atoms with E-state index >= 15 is 0 Å². The average Bonchev–Trinajstić information content (AvgIpc) is 2.56. The molecule has 2 rings (SSSR count). The molecule has 2 aromatic carbocycles. The maximum atomic E-state index is 13.1. The number of rotatable bonds is 6. The van der Waals surface area contributed by atoms with Gasteiger partial charge in [0.25, 0.3) is 5.91 Å². The van der Waals surface area contributed by atoms with E-state index < -0.39 is 5.82 Å². The molecule has 0 aliphatic carbocycles. The Balaban J connectivity index is 2.01. The summed E-state index contributed by atoms with van der Waals surface area (Å²) in [6.45, 7) is 3.96. The molecule has 0 aliphatic rings. The molecule has 0 spiro atoms. The van der Waals surface area contributed by atoms with Crippen molar-refractivity contribution in [2.45, 2.75) is 26.7 Å². The van der Waals surface area contributed by atoms with Crippen LogP contribution >= 0.6 is 0 Å². The molecule has 0 heterocycles. The molecule has 126 valence electrons. The fourth-order valence-corrected chi connectivity index (χ4v) is 2.38. The van der Waals surface area contributed by atoms with Gasteiger partial charge in [-0.3, -0.25) is 9.59 Å². The summed E-state index contributed by atoms with van der Waals surface area (Å²) in [5.41, 5.74) is 1.47. The molecular formula is C19H21FN2O2. The van der Waals surface area contributed by atoms with Crippen LogP contribution in [0.15, 0.2) is 48.5 Å². The van der Waals surface area contributed by atoms with Gasteiger partial charge in [-0.2, -0.15) is 0 Å². The number of carbonyl (C=O) groups is 2. The average molecular weight is 328 g/mol. The first-order chi connectivity index (χ1) is 11.5. The smallest absolute Gasteiger partial charge is 0.255 e. The van der Waals surface area contributed by atoms with Crippen LogP contribution in [0.2, 0.25) is 0 Å². The van der Waals surface area contributed by atoms with Gasteiger partial charge in [0.15, 0.2) is 0 Å². The first-order valence-electron chi connectivity index (χ1n) is 8.01. The predicted molar refractivity (Wildman–Crippen MR) is 93.5 cm³/mol. The molecule has 0 radical (unpaired) electrons. The van der Waals surface area contributed by atoms with Crippen LogP contribution < -0.4 is 10.6 Å². The van der Waals surface area contributed by atoms with Crippen molar-refractivity contribution in [3.63, 3.8) is 0 Å². The van der Waals surface area contributed by atoms with Crippen molar-refractivity contribution in [1.29, 1.82) is 0 Å². The largest absolute Gasteiger partial charge is 0.326 e. The predicted octanol–water partition coefficient (Wildman–Crippen LogP) is 4.45. The summed E-state index contributed by atoms with van der Waals surface area (Å²) in [5.74, 6) is -0.774. The highest BCUT2D eigenvalue weighted by Gasteiger charge is 2.14. The lowest BCUT2D eigenvalue weighted by Crippen LogP contribution is -2.21. The lowest BCUT2D eigenvalue weighted by molar-refractivity contribution is -0.120. The Bertz CT molecular complexity index is 710. The highest BCUT2D eigenvalue weighted by Crippen LogP contribution is 2.16. The van der Waals surface area contributed by atoms with Gasteiger partial charge in [0.2, 0.25) is 5.91 Å². The van der Waals surface area contributed by atoms with Crippen LogP contribution in [-0.4, -0.2) is 11.8 Å². The second-order valence-electron chi connectivity index (χ2n) is 5.54. The van der Waals surface area contributed by atoms with E-state index in [0.29, 0.717) is 16.9 Å². The molecule has 2 N–H and O–H groups in total. The SMILES string of the molecule is CCC(CC)C(=O)Nc1ccc(C(=O)Nc2cccc(F)c2)cc1. The second kappa shape index (κ2) is 8.24. The fourth-order valence-electron chi connectivity index (χ4n) is 2.38. The molecule has 0 atom stereocenters. The van der Waals surface area contributed by atoms with Crippen molar-refractivity contribution in [2.24, 2.45) is 5.92 Å². The van der Waals surface area contributed by atoms with E-state index in [1.165, 1.54) is 18.2 Å². The molecule has 2 amide bonds. The quantitative estimate of drug-likeness (QED) is 0.823. The van der Waals surface area contributed by atoms with Crippen molar-refractivity contribution in [1.82, 2.24) is 0 Å². The molecule has 0 saturated heterocycles. The van der Waals surface area contributed by atoms with E-state index in [0.717, 1.165) is 12.8 Å². The monoisotopic (exact) mass is 328 g/mol. The molecule has 0 saturated carbocycles. The first kappa shape index (κ1) is 17.7. The minimum Gasteiger partial charge on any atom is -0.326 e. The standard InChI is InChI=1S/C19H21FN2O2/c1-3-13(4-2)18(23)21-16-10-8-14(9-11-16)19(24)22-17-7-5-6-15(20)12-17/h5-13H,3-4H2,1-2H3,(H,21,23)(H,22,24). The number of nitrogens with one attached hydrogen (secondary N) is 2. The zero-order valence-electron chi connectivity index (χ0n) is 13.8. The lowest BCUT2D eigenvalue weighted by atomic mass is 10.0. The maximum Gasteiger partial charge on any atom is 0.255 e. The molecule has 0 fully saturated rings. The minimum atomic E-state index is -0.410. The Morgan fingerprint density at radius 2 is 1.62 bits per heavy atom. The second-order valence-corrected chi connectivity index (χ2v) is 5.54. The zero-order valence-corrected chi connectivity index (χ0v) is 13.8. The van der Waals surface area contributed by atoms with E-state index in [9.17, 15) is 14.0 Å². The van der Waals surface area contributed by atoms with Gasteiger partial charge in [0, 0.05) is 22.9 Å². The Kier molecular flexibility index (Phi) is 6.07. The highest BCUT2D eigenvalue weighted by atomic mass is 19.1. The summed E-state index contributed by atoms with van der Waals surface area (Å²) in [4.78, 5) is 24.2. The van der Waals surface area contributed by atoms with Crippen LogP contribution in [0.3, 0.4) is 0 Å². The van der Waals surface area contributed by atoms with Gasteiger partial charge >= 0.3 is 0 Å². The fraction of sp³-hybridized carbons (Fsp3) is 0.263. The zero-order chi connectivity index (χ0) is 17.5. The van der Waals surface area contributed by atoms with Crippen molar-refractivity contribution in [3.8, 4) is 0 Å². The first-order valence-corrected chi connectivity index (χ1v) is 8.01. The highest BCUT2D eigenvalue weighted by molar-refractivity contribution is 6.04. The van der Waals surface area contributed by atoms with Crippen molar-refractivity contribution < 1.29 is 14.0 Å². The van der Waals surface area contributed by atoms with Crippen LogP contribution in [0.25, 0.3) is 0 Å². The van der Waals surface area contributed by atoms with Crippen molar-refractivity contribution in [3.05, 3.63) is 59.9 Å². The van der Waals surface area contributed by atoms with Gasteiger partial charge in [-0.25, -0.2) is 4.39 Å². The third-order valence-electron chi connectivity index (χ3n) is 3.85. The molecule has 0 aliphatic heterocycles. The topological polar surface area (TPSA) is 58.2 Å². The summed E-state index contributed by atoms with van der Waals surface area (Å²) >= 11 is 0. The molecule has 5 heteroatoms. The number of carbonyl (C=O) groups excluding carboxylic acids is 2. The number of hydrogen-bond donors (Lipinski definition) is 2. The normalized spacial score (nSPS) is 10.5. The summed E-state index contributed by atoms with van der Waals surface area (Å²) in [5, 5.41) is 5.48. The maximum absolute atomic E-state index is 13.1. The lowest BCUT2D eigenvalue weighted by Gasteiger charge is -2.13. The van der Waals surface area contributed by atoms with Gasteiger partial charge in [-0.1, -0.05) is 19.9 Å². The summed E-state index contributed by atoms with van der Waals surface area (Å²) in [6, 6.07) is 12.3. The minimum absolute atomic E-state index is 0.0130. The van der Waals surface area contributed by atoms with E-state index in [1.54, 1.807) is 30.3 Å². The van der Waals surface area contributed by atoms with Gasteiger partial charge in [-0.15, -0.1) is 0 Å². The molecule has 0 aromatic heterocycles. The van der Waals surface area contributed by atoms with Gasteiger partial charge in [0.1, 0.15) is 5.82 Å². The summed E-state index contributed by atoms with van der Waals surface area (Å²) in [6.07, 6.45) is 1.58. The number of benzene rings is 2. The third-order valence-corrected chi connectivity index (χ3v) is 3.85. The Morgan fingerprint density at radius 3 is 2.21 bits per heavy atom. The van der Waals surface area contributed by atoms with Crippen molar-refractivity contribution in [2.75, 3.05) is 10.6 Å². The Morgan fingerprint density at radius 1 is 0.958 bits per heavy atom. The van der Waals surface area contributed by atoms with Crippen LogP contribution in [0.4, 0.5) is 15.8 Å². The Hall–Kier alpha value is -2.69. The molecule has 24 heavy (non-hydrogen) atoms. The van der Waals surface area contributed by atoms with E-state index in [2.05, 4.69) is 10.6 Å². The van der Waals surface area contributed by atoms with E-state index in [4.69, 9.17) is 0 Å². The number of anilines is 2. The van der Waals surface area contributed by atoms with Gasteiger partial charge in [0.05, 0.1) is 0 Å². The molecule has 2 aromatic rings. The Labute approximate surface area is 141 Å². The van der Waals surface area contributed by atoms with Crippen LogP contribution in [0.1, 0.15) is 37.0 Å². The third kappa shape index (κ3) is 4.65. The van der Waals surface area contributed by atoms with Crippen LogP contribution in [-0.2, 0) is 4.79 Å². The van der Waals surface area contributed by atoms with E-state index in [-0.39, 0.29) is 17.7 Å². The van der Waals surface area contributed by atoms with Crippen LogP contribution in [0.5, 0.6) is 0 Å². The number of halogens is 1.